The number of ether oxygens (including phenoxy) is 2. The molecule has 4 rings (SSSR count). The second-order valence-electron chi connectivity index (χ2n) is 4.73. The van der Waals surface area contributed by atoms with Gasteiger partial charge in [0.15, 0.2) is 11.5 Å². The van der Waals surface area contributed by atoms with Gasteiger partial charge in [0.1, 0.15) is 5.15 Å². The summed E-state index contributed by atoms with van der Waals surface area (Å²) in [5.41, 5.74) is 2.05. The van der Waals surface area contributed by atoms with Crippen molar-refractivity contribution in [1.29, 1.82) is 0 Å². The van der Waals surface area contributed by atoms with Crippen LogP contribution in [-0.4, -0.2) is 11.8 Å². The van der Waals surface area contributed by atoms with Gasteiger partial charge in [-0.1, -0.05) is 41.4 Å². The van der Waals surface area contributed by atoms with Crippen LogP contribution in [0, 0.1) is 0 Å². The smallest absolute Gasteiger partial charge is 0.231 e. The van der Waals surface area contributed by atoms with Crippen molar-refractivity contribution in [2.75, 3.05) is 6.79 Å². The highest BCUT2D eigenvalue weighted by Crippen LogP contribution is 2.37. The van der Waals surface area contributed by atoms with Crippen LogP contribution in [0.3, 0.4) is 0 Å². The summed E-state index contributed by atoms with van der Waals surface area (Å²) in [4.78, 5) is 4.09. The molecule has 0 saturated heterocycles. The molecule has 21 heavy (non-hydrogen) atoms. The number of rotatable bonds is 1. The number of pyridine rings is 1. The molecule has 1 aromatic heterocycles. The van der Waals surface area contributed by atoms with Crippen LogP contribution in [0.4, 0.5) is 0 Å². The summed E-state index contributed by atoms with van der Waals surface area (Å²) in [5.74, 6) is 1.52. The van der Waals surface area contributed by atoms with E-state index in [1.165, 1.54) is 0 Å². The van der Waals surface area contributed by atoms with Crippen LogP contribution in [0.2, 0.25) is 10.2 Å². The quantitative estimate of drug-likeness (QED) is 0.596. The molecule has 1 aliphatic rings. The van der Waals surface area contributed by atoms with Crippen molar-refractivity contribution in [3.63, 3.8) is 0 Å². The lowest BCUT2D eigenvalue weighted by Crippen LogP contribution is -1.92. The number of aromatic nitrogens is 1. The van der Waals surface area contributed by atoms with Crippen LogP contribution in [-0.2, 0) is 0 Å². The maximum Gasteiger partial charge on any atom is 0.231 e. The zero-order valence-corrected chi connectivity index (χ0v) is 12.3. The Morgan fingerprint density at radius 2 is 1.62 bits per heavy atom. The topological polar surface area (TPSA) is 31.4 Å². The minimum atomic E-state index is 0.266. The fourth-order valence-electron chi connectivity index (χ4n) is 2.43. The average Bonchev–Trinajstić information content (AvgIpc) is 2.98. The van der Waals surface area contributed by atoms with Crippen molar-refractivity contribution < 1.29 is 9.47 Å². The van der Waals surface area contributed by atoms with E-state index >= 15 is 0 Å². The first-order chi connectivity index (χ1) is 10.2. The Labute approximate surface area is 131 Å². The third-order valence-electron chi connectivity index (χ3n) is 3.50. The van der Waals surface area contributed by atoms with Crippen LogP contribution < -0.4 is 9.47 Å². The third-order valence-corrected chi connectivity index (χ3v) is 4.10. The molecule has 5 heteroatoms. The second kappa shape index (κ2) is 4.79. The lowest BCUT2D eigenvalue weighted by atomic mass is 10.0. The molecule has 0 atom stereocenters. The Morgan fingerprint density at radius 3 is 2.52 bits per heavy atom. The molecular weight excluding hydrogens is 309 g/mol. The van der Waals surface area contributed by atoms with E-state index in [0.717, 1.165) is 33.4 Å². The largest absolute Gasteiger partial charge is 0.454 e. The lowest BCUT2D eigenvalue weighted by molar-refractivity contribution is 0.174. The molecule has 1 aliphatic heterocycles. The summed E-state index contributed by atoms with van der Waals surface area (Å²) in [6, 6.07) is 11.8. The van der Waals surface area contributed by atoms with E-state index in [-0.39, 0.29) is 6.79 Å². The fraction of sp³-hybridized carbons (Fsp3) is 0.0625. The van der Waals surface area contributed by atoms with E-state index in [4.69, 9.17) is 32.7 Å². The monoisotopic (exact) mass is 317 g/mol. The van der Waals surface area contributed by atoms with Gasteiger partial charge in [0, 0.05) is 17.0 Å². The predicted molar refractivity (Wildman–Crippen MR) is 83.3 cm³/mol. The lowest BCUT2D eigenvalue weighted by Gasteiger charge is -2.07. The molecule has 2 aromatic carbocycles. The number of hydrogen-bond donors (Lipinski definition) is 0. The van der Waals surface area contributed by atoms with Crippen LogP contribution in [0.15, 0.2) is 42.6 Å². The second-order valence-corrected chi connectivity index (χ2v) is 5.49. The summed E-state index contributed by atoms with van der Waals surface area (Å²) in [6.07, 6.45) is 1.56. The van der Waals surface area contributed by atoms with E-state index in [0.29, 0.717) is 10.2 Å². The highest BCUT2D eigenvalue weighted by atomic mass is 35.5. The van der Waals surface area contributed by atoms with E-state index in [1.807, 2.05) is 36.4 Å². The Hall–Kier alpha value is -1.97. The zero-order valence-electron chi connectivity index (χ0n) is 10.8. The van der Waals surface area contributed by atoms with E-state index in [2.05, 4.69) is 4.98 Å². The minimum absolute atomic E-state index is 0.266. The van der Waals surface area contributed by atoms with Gasteiger partial charge in [0.05, 0.1) is 5.02 Å². The third kappa shape index (κ3) is 2.09. The van der Waals surface area contributed by atoms with Crippen LogP contribution in [0.1, 0.15) is 0 Å². The van der Waals surface area contributed by atoms with Crippen molar-refractivity contribution in [2.45, 2.75) is 0 Å². The Bertz CT molecular complexity index is 864. The number of fused-ring (bicyclic) bond motifs is 2. The molecule has 3 nitrogen and oxygen atoms in total. The summed E-state index contributed by atoms with van der Waals surface area (Å²) >= 11 is 12.3. The highest BCUT2D eigenvalue weighted by molar-refractivity contribution is 6.39. The number of benzene rings is 2. The predicted octanol–water partition coefficient (Wildman–Crippen LogP) is 4.94. The molecule has 0 fully saturated rings. The Balaban J connectivity index is 1.89. The summed E-state index contributed by atoms with van der Waals surface area (Å²) < 4.78 is 10.7. The molecule has 0 N–H and O–H groups in total. The van der Waals surface area contributed by atoms with Crippen molar-refractivity contribution in [2.24, 2.45) is 0 Å². The first-order valence-electron chi connectivity index (χ1n) is 6.36. The van der Waals surface area contributed by atoms with Crippen molar-refractivity contribution in [3.05, 3.63) is 52.8 Å². The van der Waals surface area contributed by atoms with E-state index in [9.17, 15) is 0 Å². The maximum absolute atomic E-state index is 6.17. The first-order valence-corrected chi connectivity index (χ1v) is 7.12. The van der Waals surface area contributed by atoms with Gasteiger partial charge >= 0.3 is 0 Å². The van der Waals surface area contributed by atoms with Gasteiger partial charge in [0.25, 0.3) is 0 Å². The Kier molecular flexibility index (Phi) is 2.91. The van der Waals surface area contributed by atoms with Gasteiger partial charge in [-0.3, -0.25) is 0 Å². The minimum Gasteiger partial charge on any atom is -0.454 e. The molecule has 0 spiro atoms. The van der Waals surface area contributed by atoms with Crippen molar-refractivity contribution in [3.8, 4) is 22.6 Å². The van der Waals surface area contributed by atoms with Crippen molar-refractivity contribution >= 4 is 34.0 Å². The van der Waals surface area contributed by atoms with E-state index < -0.39 is 0 Å². The molecule has 0 radical (unpaired) electrons. The fourth-order valence-corrected chi connectivity index (χ4v) is 2.85. The molecule has 3 aromatic rings. The molecular formula is C16H9Cl2NO2. The van der Waals surface area contributed by atoms with Gasteiger partial charge in [-0.05, 0) is 29.3 Å². The zero-order chi connectivity index (χ0) is 14.4. The van der Waals surface area contributed by atoms with E-state index in [1.54, 1.807) is 6.20 Å². The highest BCUT2D eigenvalue weighted by Gasteiger charge is 2.14. The van der Waals surface area contributed by atoms with Crippen molar-refractivity contribution in [1.82, 2.24) is 4.98 Å². The normalized spacial score (nSPS) is 12.9. The van der Waals surface area contributed by atoms with Gasteiger partial charge in [0.2, 0.25) is 6.79 Å². The Morgan fingerprint density at radius 1 is 0.857 bits per heavy atom. The number of hydrogen-bond acceptors (Lipinski definition) is 3. The number of nitrogens with zero attached hydrogens (tertiary/aromatic N) is 1. The molecule has 104 valence electrons. The van der Waals surface area contributed by atoms with Crippen LogP contribution in [0.5, 0.6) is 11.5 Å². The molecule has 0 saturated carbocycles. The summed E-state index contributed by atoms with van der Waals surface area (Å²) in [6.45, 7) is 0.266. The standard InChI is InChI=1S/C16H9Cl2NO2/c17-13-7-19-16(18)12-5-9(1-3-11(12)13)10-2-4-14-15(6-10)21-8-20-14/h1-7H,8H2. The first kappa shape index (κ1) is 12.7. The molecule has 0 bridgehead atoms. The van der Waals surface area contributed by atoms with Gasteiger partial charge in [-0.2, -0.15) is 0 Å². The number of halogens is 2. The molecule has 2 heterocycles. The average molecular weight is 318 g/mol. The van der Waals surface area contributed by atoms with Gasteiger partial charge in [-0.25, -0.2) is 4.98 Å². The molecule has 0 amide bonds. The van der Waals surface area contributed by atoms with Crippen LogP contribution in [0.25, 0.3) is 21.9 Å². The maximum atomic E-state index is 6.17. The van der Waals surface area contributed by atoms with Gasteiger partial charge in [-0.15, -0.1) is 0 Å². The molecule has 0 aliphatic carbocycles. The SMILES string of the molecule is Clc1cnc(Cl)c2cc(-c3ccc4c(c3)OCO4)ccc12. The van der Waals surface area contributed by atoms with Crippen LogP contribution >= 0.6 is 23.2 Å². The summed E-state index contributed by atoms with van der Waals surface area (Å²) in [5, 5.41) is 2.75. The summed E-state index contributed by atoms with van der Waals surface area (Å²) in [7, 11) is 0. The van der Waals surface area contributed by atoms with Gasteiger partial charge < -0.3 is 9.47 Å². The molecule has 0 unspecified atom stereocenters.